The molecule has 0 aliphatic carbocycles. The molecule has 6 nitrogen and oxygen atoms in total. The summed E-state index contributed by atoms with van der Waals surface area (Å²) in [6.45, 7) is 0. The third-order valence-corrected chi connectivity index (χ3v) is 2.25. The molecule has 1 heterocycles. The maximum absolute atomic E-state index is 10.6. The van der Waals surface area contributed by atoms with Crippen LogP contribution >= 0.6 is 0 Å². The van der Waals surface area contributed by atoms with E-state index >= 15 is 0 Å². The normalized spacial score (nSPS) is 10.2. The van der Waals surface area contributed by atoms with Gasteiger partial charge in [0.25, 0.3) is 0 Å². The largest absolute Gasteiger partial charge is 0.474 e. The summed E-state index contributed by atoms with van der Waals surface area (Å²) >= 11 is 0. The number of carboxylic acid groups (broad SMARTS) is 1. The predicted molar refractivity (Wildman–Crippen MR) is 61.0 cm³/mol. The van der Waals surface area contributed by atoms with Gasteiger partial charge < -0.3 is 14.5 Å². The van der Waals surface area contributed by atoms with Gasteiger partial charge in [-0.1, -0.05) is 5.16 Å². The van der Waals surface area contributed by atoms with Crippen molar-refractivity contribution in [3.63, 3.8) is 0 Å². The summed E-state index contributed by atoms with van der Waals surface area (Å²) in [6, 6.07) is 7.41. The molecule has 1 N–H and O–H groups in total. The number of hydrogen-bond acceptors (Lipinski definition) is 5. The van der Waals surface area contributed by atoms with E-state index in [0.717, 1.165) is 5.69 Å². The van der Waals surface area contributed by atoms with E-state index in [4.69, 9.17) is 5.11 Å². The lowest BCUT2D eigenvalue weighted by Gasteiger charge is -2.11. The van der Waals surface area contributed by atoms with Crippen molar-refractivity contribution in [2.24, 2.45) is 0 Å². The van der Waals surface area contributed by atoms with Crippen LogP contribution in [0.2, 0.25) is 0 Å². The number of benzene rings is 1. The minimum absolute atomic E-state index is 0.271. The minimum Gasteiger partial charge on any atom is -0.474 e. The molecule has 0 saturated heterocycles. The van der Waals surface area contributed by atoms with Crippen molar-refractivity contribution >= 4 is 11.7 Å². The first-order valence-corrected chi connectivity index (χ1v) is 4.92. The van der Waals surface area contributed by atoms with Gasteiger partial charge in [-0.25, -0.2) is 4.79 Å². The van der Waals surface area contributed by atoms with Crippen molar-refractivity contribution in [1.82, 2.24) is 10.1 Å². The highest BCUT2D eigenvalue weighted by atomic mass is 16.5. The molecule has 2 rings (SSSR count). The fourth-order valence-electron chi connectivity index (χ4n) is 1.34. The monoisotopic (exact) mass is 233 g/mol. The Hall–Kier alpha value is -2.37. The Morgan fingerprint density at radius 3 is 2.41 bits per heavy atom. The van der Waals surface area contributed by atoms with Crippen molar-refractivity contribution < 1.29 is 14.4 Å². The summed E-state index contributed by atoms with van der Waals surface area (Å²) in [5.41, 5.74) is 1.75. The second-order valence-electron chi connectivity index (χ2n) is 3.67. The Morgan fingerprint density at radius 1 is 1.29 bits per heavy atom. The third-order valence-electron chi connectivity index (χ3n) is 2.25. The molecule has 1 aromatic carbocycles. The quantitative estimate of drug-likeness (QED) is 0.865. The number of aromatic carboxylic acids is 1. The van der Waals surface area contributed by atoms with Crippen LogP contribution in [0.3, 0.4) is 0 Å². The van der Waals surface area contributed by atoms with Gasteiger partial charge in [0.05, 0.1) is 0 Å². The van der Waals surface area contributed by atoms with Gasteiger partial charge in [-0.15, -0.1) is 0 Å². The lowest BCUT2D eigenvalue weighted by Crippen LogP contribution is -2.07. The maximum Gasteiger partial charge on any atom is 0.394 e. The number of aromatic nitrogens is 2. The van der Waals surface area contributed by atoms with E-state index in [9.17, 15) is 4.79 Å². The Kier molecular flexibility index (Phi) is 2.78. The zero-order chi connectivity index (χ0) is 12.4. The van der Waals surface area contributed by atoms with Crippen LogP contribution in [0.4, 0.5) is 5.69 Å². The van der Waals surface area contributed by atoms with E-state index in [0.29, 0.717) is 5.56 Å². The van der Waals surface area contributed by atoms with Crippen LogP contribution in [0.15, 0.2) is 28.8 Å². The number of carbonyl (C=O) groups is 1. The SMILES string of the molecule is CN(C)c1ccc(-c2noc(C(=O)O)n2)cc1. The highest BCUT2D eigenvalue weighted by molar-refractivity contribution is 5.82. The second kappa shape index (κ2) is 4.25. The summed E-state index contributed by atoms with van der Waals surface area (Å²) in [7, 11) is 3.87. The molecule has 17 heavy (non-hydrogen) atoms. The second-order valence-corrected chi connectivity index (χ2v) is 3.67. The molecule has 0 bridgehead atoms. The molecule has 6 heteroatoms. The van der Waals surface area contributed by atoms with Gasteiger partial charge in [0.1, 0.15) is 0 Å². The van der Waals surface area contributed by atoms with Gasteiger partial charge in [0.2, 0.25) is 5.82 Å². The Morgan fingerprint density at radius 2 is 1.94 bits per heavy atom. The lowest BCUT2D eigenvalue weighted by atomic mass is 10.2. The van der Waals surface area contributed by atoms with E-state index in [1.165, 1.54) is 0 Å². The molecule has 0 unspecified atom stereocenters. The molecule has 88 valence electrons. The molecule has 0 amide bonds. The summed E-state index contributed by atoms with van der Waals surface area (Å²) in [5.74, 6) is -1.36. The van der Waals surface area contributed by atoms with E-state index in [2.05, 4.69) is 14.7 Å². The van der Waals surface area contributed by atoms with Crippen LogP contribution in [-0.4, -0.2) is 35.3 Å². The van der Waals surface area contributed by atoms with E-state index in [1.807, 2.05) is 43.3 Å². The Balaban J connectivity index is 2.30. The first-order chi connectivity index (χ1) is 8.08. The minimum atomic E-state index is -1.23. The molecular weight excluding hydrogens is 222 g/mol. The highest BCUT2D eigenvalue weighted by Gasteiger charge is 2.14. The Bertz CT molecular complexity index is 531. The van der Waals surface area contributed by atoms with Gasteiger partial charge in [0, 0.05) is 25.3 Å². The molecule has 0 radical (unpaired) electrons. The first-order valence-electron chi connectivity index (χ1n) is 4.92. The first kappa shape index (κ1) is 11.1. The fourth-order valence-corrected chi connectivity index (χ4v) is 1.34. The number of carboxylic acids is 1. The molecular formula is C11H11N3O3. The topological polar surface area (TPSA) is 79.5 Å². The third kappa shape index (κ3) is 2.25. The van der Waals surface area contributed by atoms with Crippen LogP contribution < -0.4 is 4.90 Å². The summed E-state index contributed by atoms with van der Waals surface area (Å²) in [6.07, 6.45) is 0. The lowest BCUT2D eigenvalue weighted by molar-refractivity contribution is 0.0643. The average molecular weight is 233 g/mol. The van der Waals surface area contributed by atoms with Gasteiger partial charge in [-0.05, 0) is 24.3 Å². The molecule has 0 aliphatic rings. The summed E-state index contributed by atoms with van der Waals surface area (Å²) in [5, 5.41) is 12.3. The van der Waals surface area contributed by atoms with Gasteiger partial charge in [-0.2, -0.15) is 4.98 Å². The molecule has 2 aromatic rings. The molecule has 0 saturated carbocycles. The number of hydrogen-bond donors (Lipinski definition) is 1. The van der Waals surface area contributed by atoms with Crippen LogP contribution in [0.1, 0.15) is 10.7 Å². The summed E-state index contributed by atoms with van der Waals surface area (Å²) in [4.78, 5) is 16.3. The average Bonchev–Trinajstić information content (AvgIpc) is 2.78. The zero-order valence-corrected chi connectivity index (χ0v) is 9.41. The van der Waals surface area contributed by atoms with Crippen molar-refractivity contribution in [1.29, 1.82) is 0 Å². The molecule has 0 fully saturated rings. The molecule has 1 aromatic heterocycles. The fraction of sp³-hybridized carbons (Fsp3) is 0.182. The van der Waals surface area contributed by atoms with Crippen LogP contribution in [0, 0.1) is 0 Å². The highest BCUT2D eigenvalue weighted by Crippen LogP contribution is 2.19. The maximum atomic E-state index is 10.6. The van der Waals surface area contributed by atoms with Gasteiger partial charge >= 0.3 is 11.9 Å². The van der Waals surface area contributed by atoms with E-state index in [1.54, 1.807) is 0 Å². The standard InChI is InChI=1S/C11H11N3O3/c1-14(2)8-5-3-7(4-6-8)9-12-10(11(15)16)17-13-9/h3-6H,1-2H3,(H,15,16). The number of anilines is 1. The molecule has 0 spiro atoms. The van der Waals surface area contributed by atoms with Crippen LogP contribution in [-0.2, 0) is 0 Å². The number of nitrogens with zero attached hydrogens (tertiary/aromatic N) is 3. The van der Waals surface area contributed by atoms with E-state index in [-0.39, 0.29) is 5.82 Å². The molecule has 0 atom stereocenters. The Labute approximate surface area is 97.5 Å². The van der Waals surface area contributed by atoms with Crippen LogP contribution in [0.5, 0.6) is 0 Å². The zero-order valence-electron chi connectivity index (χ0n) is 9.41. The number of rotatable bonds is 3. The van der Waals surface area contributed by atoms with Crippen molar-refractivity contribution in [3.05, 3.63) is 30.2 Å². The van der Waals surface area contributed by atoms with Crippen LogP contribution in [0.25, 0.3) is 11.4 Å². The smallest absolute Gasteiger partial charge is 0.394 e. The van der Waals surface area contributed by atoms with Gasteiger partial charge in [0.15, 0.2) is 0 Å². The summed E-state index contributed by atoms with van der Waals surface area (Å²) < 4.78 is 4.59. The van der Waals surface area contributed by atoms with Crippen molar-refractivity contribution in [2.45, 2.75) is 0 Å². The molecule has 0 aliphatic heterocycles. The van der Waals surface area contributed by atoms with Crippen molar-refractivity contribution in [2.75, 3.05) is 19.0 Å². The van der Waals surface area contributed by atoms with Crippen molar-refractivity contribution in [3.8, 4) is 11.4 Å². The van der Waals surface area contributed by atoms with Gasteiger partial charge in [-0.3, -0.25) is 0 Å². The van der Waals surface area contributed by atoms with E-state index < -0.39 is 11.9 Å². The predicted octanol–water partition coefficient (Wildman–Crippen LogP) is 1.50.